The standard InChI is InChI=1S/C19H20BrN5O3S/c1-3-25-17(11-28-15-7-5-14(27-2)6-8-15)23-24-19(25)29-12-18(26)22-16-9-4-13(20)10-21-16/h4-10H,3,11-12H2,1-2H3,(H,21,22,26). The van der Waals surface area contributed by atoms with Crippen molar-refractivity contribution in [3.05, 3.63) is 52.9 Å². The number of benzene rings is 1. The summed E-state index contributed by atoms with van der Waals surface area (Å²) < 4.78 is 13.7. The molecule has 152 valence electrons. The first-order valence-electron chi connectivity index (χ1n) is 8.82. The molecule has 3 aromatic rings. The SMILES string of the molecule is CCn1c(COc2ccc(OC)cc2)nnc1SCC(=O)Nc1ccc(Br)cn1. The van der Waals surface area contributed by atoms with Crippen LogP contribution in [0.2, 0.25) is 0 Å². The highest BCUT2D eigenvalue weighted by atomic mass is 79.9. The van der Waals surface area contributed by atoms with Crippen molar-refractivity contribution in [3.8, 4) is 11.5 Å². The van der Waals surface area contributed by atoms with Gasteiger partial charge in [-0.2, -0.15) is 0 Å². The molecule has 0 unspecified atom stereocenters. The summed E-state index contributed by atoms with van der Waals surface area (Å²) in [4.78, 5) is 16.3. The molecule has 0 fully saturated rings. The summed E-state index contributed by atoms with van der Waals surface area (Å²) in [6.45, 7) is 2.95. The van der Waals surface area contributed by atoms with Crippen LogP contribution in [0.1, 0.15) is 12.7 Å². The van der Waals surface area contributed by atoms with Crippen molar-refractivity contribution in [1.82, 2.24) is 19.7 Å². The predicted octanol–water partition coefficient (Wildman–Crippen LogP) is 3.77. The number of nitrogens with zero attached hydrogens (tertiary/aromatic N) is 4. The summed E-state index contributed by atoms with van der Waals surface area (Å²) >= 11 is 4.63. The van der Waals surface area contributed by atoms with Crippen LogP contribution in [0.3, 0.4) is 0 Å². The van der Waals surface area contributed by atoms with Crippen molar-refractivity contribution < 1.29 is 14.3 Å². The Balaban J connectivity index is 1.55. The van der Waals surface area contributed by atoms with Gasteiger partial charge in [-0.25, -0.2) is 4.98 Å². The molecule has 0 aliphatic heterocycles. The minimum absolute atomic E-state index is 0.161. The third-order valence-corrected chi connectivity index (χ3v) is 5.30. The third kappa shape index (κ3) is 5.94. The average Bonchev–Trinajstić information content (AvgIpc) is 3.14. The summed E-state index contributed by atoms with van der Waals surface area (Å²) in [5, 5.41) is 11.8. The van der Waals surface area contributed by atoms with Crippen molar-refractivity contribution in [2.75, 3.05) is 18.2 Å². The first kappa shape index (κ1) is 21.1. The van der Waals surface area contributed by atoms with Gasteiger partial charge in [0, 0.05) is 17.2 Å². The maximum Gasteiger partial charge on any atom is 0.236 e. The second-order valence-corrected chi connectivity index (χ2v) is 7.66. The molecule has 8 nitrogen and oxygen atoms in total. The number of hydrogen-bond donors (Lipinski definition) is 1. The fraction of sp³-hybridized carbons (Fsp3) is 0.263. The molecule has 0 spiro atoms. The number of thioether (sulfide) groups is 1. The third-order valence-electron chi connectivity index (χ3n) is 3.86. The fourth-order valence-electron chi connectivity index (χ4n) is 2.43. The molecule has 1 aromatic carbocycles. The lowest BCUT2D eigenvalue weighted by Gasteiger charge is -2.09. The number of carbonyl (C=O) groups is 1. The van der Waals surface area contributed by atoms with Crippen LogP contribution in [0.5, 0.6) is 11.5 Å². The van der Waals surface area contributed by atoms with Crippen LogP contribution in [-0.2, 0) is 17.9 Å². The Morgan fingerprint density at radius 2 is 1.93 bits per heavy atom. The lowest BCUT2D eigenvalue weighted by molar-refractivity contribution is -0.113. The molecule has 0 atom stereocenters. The van der Waals surface area contributed by atoms with E-state index in [9.17, 15) is 4.79 Å². The second-order valence-electron chi connectivity index (χ2n) is 5.81. The highest BCUT2D eigenvalue weighted by Gasteiger charge is 2.14. The number of methoxy groups -OCH3 is 1. The van der Waals surface area contributed by atoms with E-state index in [1.54, 1.807) is 19.4 Å². The number of amides is 1. The number of nitrogens with one attached hydrogen (secondary N) is 1. The summed E-state index contributed by atoms with van der Waals surface area (Å²) in [6, 6.07) is 10.9. The number of pyridine rings is 1. The number of hydrogen-bond acceptors (Lipinski definition) is 7. The van der Waals surface area contributed by atoms with Crippen LogP contribution < -0.4 is 14.8 Å². The van der Waals surface area contributed by atoms with Gasteiger partial charge in [0.25, 0.3) is 0 Å². The van der Waals surface area contributed by atoms with E-state index in [0.717, 1.165) is 10.2 Å². The number of halogens is 1. The zero-order valence-electron chi connectivity index (χ0n) is 16.0. The van der Waals surface area contributed by atoms with E-state index in [-0.39, 0.29) is 18.3 Å². The molecule has 10 heteroatoms. The number of rotatable bonds is 9. The highest BCUT2D eigenvalue weighted by Crippen LogP contribution is 2.21. The van der Waals surface area contributed by atoms with E-state index in [0.29, 0.717) is 29.1 Å². The van der Waals surface area contributed by atoms with Gasteiger partial charge < -0.3 is 19.4 Å². The second kappa shape index (κ2) is 10.3. The molecule has 29 heavy (non-hydrogen) atoms. The molecule has 3 rings (SSSR count). The molecular weight excluding hydrogens is 458 g/mol. The maximum atomic E-state index is 12.2. The lowest BCUT2D eigenvalue weighted by Crippen LogP contribution is -2.15. The summed E-state index contributed by atoms with van der Waals surface area (Å²) in [5.74, 6) is 2.72. The lowest BCUT2D eigenvalue weighted by atomic mass is 10.3. The van der Waals surface area contributed by atoms with Crippen molar-refractivity contribution >= 4 is 39.4 Å². The van der Waals surface area contributed by atoms with E-state index in [4.69, 9.17) is 9.47 Å². The van der Waals surface area contributed by atoms with E-state index < -0.39 is 0 Å². The monoisotopic (exact) mass is 477 g/mol. The van der Waals surface area contributed by atoms with Crippen molar-refractivity contribution in [2.45, 2.75) is 25.2 Å². The van der Waals surface area contributed by atoms with Crippen LogP contribution in [-0.4, -0.2) is 38.5 Å². The molecule has 1 amide bonds. The van der Waals surface area contributed by atoms with Gasteiger partial charge in [0.05, 0.1) is 12.9 Å². The summed E-state index contributed by atoms with van der Waals surface area (Å²) in [6.07, 6.45) is 1.63. The molecule has 0 aliphatic carbocycles. The molecule has 2 heterocycles. The number of aromatic nitrogens is 4. The van der Waals surface area contributed by atoms with Crippen molar-refractivity contribution in [3.63, 3.8) is 0 Å². The smallest absolute Gasteiger partial charge is 0.236 e. The number of carbonyl (C=O) groups excluding carboxylic acids is 1. The fourth-order valence-corrected chi connectivity index (χ4v) is 3.48. The van der Waals surface area contributed by atoms with Gasteiger partial charge in [0.15, 0.2) is 11.0 Å². The van der Waals surface area contributed by atoms with Gasteiger partial charge in [0.2, 0.25) is 5.91 Å². The Morgan fingerprint density at radius 3 is 2.59 bits per heavy atom. The minimum Gasteiger partial charge on any atom is -0.497 e. The van der Waals surface area contributed by atoms with Gasteiger partial charge in [0.1, 0.15) is 23.9 Å². The first-order chi connectivity index (χ1) is 14.1. The average molecular weight is 478 g/mol. The van der Waals surface area contributed by atoms with Crippen molar-refractivity contribution in [2.24, 2.45) is 0 Å². The minimum atomic E-state index is -0.161. The molecule has 0 saturated carbocycles. The quantitative estimate of drug-likeness (QED) is 0.468. The van der Waals surface area contributed by atoms with E-state index in [1.807, 2.05) is 41.8 Å². The summed E-state index contributed by atoms with van der Waals surface area (Å²) in [7, 11) is 1.62. The van der Waals surface area contributed by atoms with Crippen LogP contribution in [0.4, 0.5) is 5.82 Å². The van der Waals surface area contributed by atoms with Gasteiger partial charge in [-0.1, -0.05) is 11.8 Å². The van der Waals surface area contributed by atoms with E-state index in [1.165, 1.54) is 11.8 Å². The largest absolute Gasteiger partial charge is 0.497 e. The molecule has 0 aliphatic rings. The Labute approximate surface area is 181 Å². The number of anilines is 1. The van der Waals surface area contributed by atoms with Gasteiger partial charge in [-0.15, -0.1) is 10.2 Å². The summed E-state index contributed by atoms with van der Waals surface area (Å²) in [5.41, 5.74) is 0. The Hall–Kier alpha value is -2.59. The Bertz CT molecular complexity index is 947. The van der Waals surface area contributed by atoms with Gasteiger partial charge in [-0.3, -0.25) is 4.79 Å². The van der Waals surface area contributed by atoms with Crippen LogP contribution in [0, 0.1) is 0 Å². The Morgan fingerprint density at radius 1 is 1.17 bits per heavy atom. The molecular formula is C19H20BrN5O3S. The Kier molecular flexibility index (Phi) is 7.48. The van der Waals surface area contributed by atoms with Gasteiger partial charge in [-0.05, 0) is 59.3 Å². The molecule has 1 N–H and O–H groups in total. The van der Waals surface area contributed by atoms with E-state index in [2.05, 4.69) is 36.4 Å². The van der Waals surface area contributed by atoms with Crippen LogP contribution in [0.15, 0.2) is 52.2 Å². The number of ether oxygens (including phenoxy) is 2. The maximum absolute atomic E-state index is 12.2. The molecule has 0 saturated heterocycles. The first-order valence-corrected chi connectivity index (χ1v) is 10.6. The zero-order valence-corrected chi connectivity index (χ0v) is 18.4. The highest BCUT2D eigenvalue weighted by molar-refractivity contribution is 9.10. The topological polar surface area (TPSA) is 91.2 Å². The van der Waals surface area contributed by atoms with Crippen molar-refractivity contribution in [1.29, 1.82) is 0 Å². The van der Waals surface area contributed by atoms with Crippen LogP contribution in [0.25, 0.3) is 0 Å². The predicted molar refractivity (Wildman–Crippen MR) is 114 cm³/mol. The normalized spacial score (nSPS) is 10.6. The molecule has 0 bridgehead atoms. The zero-order chi connectivity index (χ0) is 20.6. The van der Waals surface area contributed by atoms with Crippen LogP contribution >= 0.6 is 27.7 Å². The molecule has 0 radical (unpaired) electrons. The molecule has 2 aromatic heterocycles. The van der Waals surface area contributed by atoms with Gasteiger partial charge >= 0.3 is 0 Å². The van der Waals surface area contributed by atoms with E-state index >= 15 is 0 Å².